The monoisotopic (exact) mass is 324 g/mol. The van der Waals surface area contributed by atoms with Crippen molar-refractivity contribution in [3.05, 3.63) is 29.3 Å². The zero-order valence-corrected chi connectivity index (χ0v) is 13.7. The lowest BCUT2D eigenvalue weighted by atomic mass is 10.1. The van der Waals surface area contributed by atoms with E-state index in [9.17, 15) is 9.59 Å². The minimum atomic E-state index is -0.0865. The fourth-order valence-electron chi connectivity index (χ4n) is 2.33. The average Bonchev–Trinajstić information content (AvgIpc) is 2.53. The molecule has 5 nitrogen and oxygen atoms in total. The molecule has 0 spiro atoms. The number of ether oxygens (including phenoxy) is 1. The van der Waals surface area contributed by atoms with Gasteiger partial charge in [-0.25, -0.2) is 0 Å². The summed E-state index contributed by atoms with van der Waals surface area (Å²) in [4.78, 5) is 27.6. The Kier molecular flexibility index (Phi) is 5.66. The molecule has 22 heavy (non-hydrogen) atoms. The van der Waals surface area contributed by atoms with Gasteiger partial charge < -0.3 is 14.5 Å². The Morgan fingerprint density at radius 2 is 1.73 bits per heavy atom. The molecule has 0 aliphatic carbocycles. The molecule has 1 heterocycles. The molecule has 1 aromatic carbocycles. The van der Waals surface area contributed by atoms with Gasteiger partial charge in [0.2, 0.25) is 5.91 Å². The highest BCUT2D eigenvalue weighted by Crippen LogP contribution is 2.23. The van der Waals surface area contributed by atoms with E-state index in [1.165, 1.54) is 0 Å². The van der Waals surface area contributed by atoms with E-state index < -0.39 is 0 Å². The number of hydrogen-bond acceptors (Lipinski definition) is 3. The molecular formula is C16H21ClN2O3. The summed E-state index contributed by atoms with van der Waals surface area (Å²) >= 11 is 5.98. The van der Waals surface area contributed by atoms with E-state index in [4.69, 9.17) is 16.3 Å². The van der Waals surface area contributed by atoms with Gasteiger partial charge in [0.1, 0.15) is 5.75 Å². The number of carbonyl (C=O) groups is 2. The Morgan fingerprint density at radius 3 is 2.32 bits per heavy atom. The number of carbonyl (C=O) groups excluding carboxylic acids is 2. The van der Waals surface area contributed by atoms with Gasteiger partial charge in [0, 0.05) is 32.1 Å². The number of para-hydroxylation sites is 1. The Labute approximate surface area is 135 Å². The van der Waals surface area contributed by atoms with Crippen LogP contribution in [-0.2, 0) is 9.59 Å². The van der Waals surface area contributed by atoms with E-state index in [1.807, 2.05) is 30.9 Å². The van der Waals surface area contributed by atoms with Crippen LogP contribution >= 0.6 is 11.6 Å². The molecule has 0 radical (unpaired) electrons. The fraction of sp³-hybridized carbons (Fsp3) is 0.500. The lowest BCUT2D eigenvalue weighted by Gasteiger charge is -2.35. The van der Waals surface area contributed by atoms with Gasteiger partial charge in [-0.15, -0.1) is 0 Å². The topological polar surface area (TPSA) is 49.9 Å². The third kappa shape index (κ3) is 4.13. The molecular weight excluding hydrogens is 304 g/mol. The first-order valence-corrected chi connectivity index (χ1v) is 7.80. The minimum absolute atomic E-state index is 0.00851. The van der Waals surface area contributed by atoms with Gasteiger partial charge >= 0.3 is 0 Å². The second-order valence-corrected chi connectivity index (χ2v) is 5.99. The van der Waals surface area contributed by atoms with Crippen molar-refractivity contribution in [3.63, 3.8) is 0 Å². The van der Waals surface area contributed by atoms with Crippen LogP contribution in [0.3, 0.4) is 0 Å². The first kappa shape index (κ1) is 16.6. The maximum absolute atomic E-state index is 12.1. The summed E-state index contributed by atoms with van der Waals surface area (Å²) < 4.78 is 5.46. The maximum atomic E-state index is 12.1. The molecule has 1 saturated heterocycles. The highest BCUT2D eigenvalue weighted by atomic mass is 35.5. The van der Waals surface area contributed by atoms with Crippen LogP contribution in [0.5, 0.6) is 5.75 Å². The van der Waals surface area contributed by atoms with Gasteiger partial charge in [-0.3, -0.25) is 9.59 Å². The van der Waals surface area contributed by atoms with Crippen LogP contribution < -0.4 is 4.74 Å². The zero-order chi connectivity index (χ0) is 16.1. The number of nitrogens with zero attached hydrogens (tertiary/aromatic N) is 2. The molecule has 1 fully saturated rings. The summed E-state index contributed by atoms with van der Waals surface area (Å²) in [5.74, 6) is 0.549. The van der Waals surface area contributed by atoms with E-state index in [0.717, 1.165) is 0 Å². The SMILES string of the molecule is CC(C)C(=O)N1CCN(C(=O)COc2ccccc2Cl)CC1. The van der Waals surface area contributed by atoms with Crippen LogP contribution in [0.1, 0.15) is 13.8 Å². The predicted molar refractivity (Wildman–Crippen MR) is 84.9 cm³/mol. The molecule has 1 aliphatic rings. The molecule has 0 atom stereocenters. The first-order chi connectivity index (χ1) is 10.5. The molecule has 0 unspecified atom stereocenters. The smallest absolute Gasteiger partial charge is 0.260 e. The van der Waals surface area contributed by atoms with Crippen molar-refractivity contribution in [3.8, 4) is 5.75 Å². The highest BCUT2D eigenvalue weighted by Gasteiger charge is 2.25. The molecule has 0 saturated carbocycles. The van der Waals surface area contributed by atoms with E-state index >= 15 is 0 Å². The average molecular weight is 325 g/mol. The Morgan fingerprint density at radius 1 is 1.14 bits per heavy atom. The van der Waals surface area contributed by atoms with Crippen LogP contribution in [0.4, 0.5) is 0 Å². The van der Waals surface area contributed by atoms with Crippen molar-refractivity contribution >= 4 is 23.4 Å². The summed E-state index contributed by atoms with van der Waals surface area (Å²) in [6.45, 7) is 5.98. The third-order valence-corrected chi connectivity index (χ3v) is 3.94. The summed E-state index contributed by atoms with van der Waals surface area (Å²) in [5.41, 5.74) is 0. The normalized spacial score (nSPS) is 15.1. The molecule has 120 valence electrons. The molecule has 0 bridgehead atoms. The van der Waals surface area contributed by atoms with Crippen LogP contribution in [0.2, 0.25) is 5.02 Å². The van der Waals surface area contributed by atoms with Crippen molar-refractivity contribution in [2.24, 2.45) is 5.92 Å². The van der Waals surface area contributed by atoms with Gasteiger partial charge in [-0.1, -0.05) is 37.6 Å². The van der Waals surface area contributed by atoms with Gasteiger partial charge in [0.15, 0.2) is 6.61 Å². The van der Waals surface area contributed by atoms with Crippen molar-refractivity contribution in [2.45, 2.75) is 13.8 Å². The summed E-state index contributed by atoms with van der Waals surface area (Å²) in [5, 5.41) is 0.489. The van der Waals surface area contributed by atoms with Crippen LogP contribution in [0.15, 0.2) is 24.3 Å². The maximum Gasteiger partial charge on any atom is 0.260 e. The van der Waals surface area contributed by atoms with Crippen LogP contribution in [-0.4, -0.2) is 54.4 Å². The quantitative estimate of drug-likeness (QED) is 0.851. The number of piperazine rings is 1. The summed E-state index contributed by atoms with van der Waals surface area (Å²) in [6, 6.07) is 7.07. The Bertz CT molecular complexity index is 540. The molecule has 2 amide bonds. The standard InChI is InChI=1S/C16H21ClN2O3/c1-12(2)16(21)19-9-7-18(8-10-19)15(20)11-22-14-6-4-3-5-13(14)17/h3-6,12H,7-11H2,1-2H3. The number of rotatable bonds is 4. The van der Waals surface area contributed by atoms with Gasteiger partial charge in [-0.05, 0) is 12.1 Å². The van der Waals surface area contributed by atoms with Gasteiger partial charge in [0.05, 0.1) is 5.02 Å². The lowest BCUT2D eigenvalue weighted by molar-refractivity contribution is -0.142. The predicted octanol–water partition coefficient (Wildman–Crippen LogP) is 2.05. The van der Waals surface area contributed by atoms with Crippen molar-refractivity contribution < 1.29 is 14.3 Å². The fourth-order valence-corrected chi connectivity index (χ4v) is 2.52. The molecule has 6 heteroatoms. The van der Waals surface area contributed by atoms with E-state index in [1.54, 1.807) is 17.0 Å². The molecule has 0 aromatic heterocycles. The van der Waals surface area contributed by atoms with E-state index in [-0.39, 0.29) is 24.3 Å². The molecule has 1 aromatic rings. The van der Waals surface area contributed by atoms with E-state index in [0.29, 0.717) is 37.0 Å². The molecule has 2 rings (SSSR count). The van der Waals surface area contributed by atoms with Gasteiger partial charge in [0.25, 0.3) is 5.91 Å². The second-order valence-electron chi connectivity index (χ2n) is 5.58. The Hall–Kier alpha value is -1.75. The summed E-state index contributed by atoms with van der Waals surface area (Å²) in [7, 11) is 0. The lowest BCUT2D eigenvalue weighted by Crippen LogP contribution is -2.52. The number of halogens is 1. The molecule has 0 N–H and O–H groups in total. The Balaban J connectivity index is 1.80. The van der Waals surface area contributed by atoms with Crippen LogP contribution in [0.25, 0.3) is 0 Å². The summed E-state index contributed by atoms with van der Waals surface area (Å²) in [6.07, 6.45) is 0. The molecule has 1 aliphatic heterocycles. The van der Waals surface area contributed by atoms with Crippen molar-refractivity contribution in [1.29, 1.82) is 0 Å². The zero-order valence-electron chi connectivity index (χ0n) is 12.9. The van der Waals surface area contributed by atoms with Crippen molar-refractivity contribution in [2.75, 3.05) is 32.8 Å². The van der Waals surface area contributed by atoms with Crippen LogP contribution in [0, 0.1) is 5.92 Å². The minimum Gasteiger partial charge on any atom is -0.482 e. The van der Waals surface area contributed by atoms with Crippen molar-refractivity contribution in [1.82, 2.24) is 9.80 Å². The number of amides is 2. The van der Waals surface area contributed by atoms with E-state index in [2.05, 4.69) is 0 Å². The highest BCUT2D eigenvalue weighted by molar-refractivity contribution is 6.32. The third-order valence-electron chi connectivity index (χ3n) is 3.63. The number of benzene rings is 1. The largest absolute Gasteiger partial charge is 0.482 e. The van der Waals surface area contributed by atoms with Gasteiger partial charge in [-0.2, -0.15) is 0 Å². The number of hydrogen-bond donors (Lipinski definition) is 0. The first-order valence-electron chi connectivity index (χ1n) is 7.43. The second kappa shape index (κ2) is 7.49.